The molecule has 2 heterocycles. The van der Waals surface area contributed by atoms with Crippen LogP contribution in [-0.4, -0.2) is 39.2 Å². The van der Waals surface area contributed by atoms with Crippen molar-refractivity contribution in [2.24, 2.45) is 4.99 Å². The second kappa shape index (κ2) is 8.03. The number of hydrogen-bond donors (Lipinski definition) is 1. The Balaban J connectivity index is 2.28. The van der Waals surface area contributed by atoms with Gasteiger partial charge in [-0.1, -0.05) is 0 Å². The summed E-state index contributed by atoms with van der Waals surface area (Å²) < 4.78 is 4.13. The molecule has 168 valence electrons. The van der Waals surface area contributed by atoms with Crippen LogP contribution in [0.25, 0.3) is 10.0 Å². The second-order valence-corrected chi connectivity index (χ2v) is 21.5. The Kier molecular flexibility index (Phi) is 6.17. The summed E-state index contributed by atoms with van der Waals surface area (Å²) in [7, 11) is -2.72. The van der Waals surface area contributed by atoms with Crippen molar-refractivity contribution in [2.75, 3.05) is 0 Å². The van der Waals surface area contributed by atoms with E-state index in [0.717, 1.165) is 44.1 Å². The first-order chi connectivity index (χ1) is 14.7. The molecular formula is C24H24Br3NO2SeSi. The van der Waals surface area contributed by atoms with Crippen LogP contribution in [0.3, 0.4) is 0 Å². The second-order valence-electron chi connectivity index (χ2n) is 10.2. The Morgan fingerprint density at radius 1 is 0.969 bits per heavy atom. The molecule has 1 N–H and O–H groups in total. The minimum atomic E-state index is -2.72. The van der Waals surface area contributed by atoms with Crippen LogP contribution < -0.4 is 5.19 Å². The summed E-state index contributed by atoms with van der Waals surface area (Å²) in [5.41, 5.74) is 2.67. The summed E-state index contributed by atoms with van der Waals surface area (Å²) in [6.07, 6.45) is 5.29. The van der Waals surface area contributed by atoms with E-state index in [4.69, 9.17) is 4.99 Å². The number of aromatic hydroxyl groups is 1. The predicted octanol–water partition coefficient (Wildman–Crippen LogP) is 7.35. The number of hydrogen-bond acceptors (Lipinski definition) is 3. The summed E-state index contributed by atoms with van der Waals surface area (Å²) in [5, 5.41) is 13.2. The molecule has 0 radical (unpaired) electrons. The van der Waals surface area contributed by atoms with Crippen molar-refractivity contribution in [2.45, 2.75) is 51.6 Å². The van der Waals surface area contributed by atoms with E-state index in [2.05, 4.69) is 89.3 Å². The number of carbonyl (C=O) groups excluding carboxylic acids is 1. The third-order valence-corrected chi connectivity index (χ3v) is 20.5. The van der Waals surface area contributed by atoms with Crippen molar-refractivity contribution in [1.82, 2.24) is 0 Å². The quantitative estimate of drug-likeness (QED) is 0.250. The molecule has 1 aliphatic heterocycles. The summed E-state index contributed by atoms with van der Waals surface area (Å²) in [6.45, 7) is 13.7. The average Bonchev–Trinajstić information content (AvgIpc) is 2.91. The molecule has 0 amide bonds. The molecule has 1 aliphatic carbocycles. The number of aliphatic imine (C=N–C) groups is 1. The molecule has 3 nitrogen and oxygen atoms in total. The number of fused-ring (bicyclic) bond motifs is 2. The van der Waals surface area contributed by atoms with Crippen LogP contribution in [0.5, 0.6) is 5.75 Å². The first-order valence-electron chi connectivity index (χ1n) is 10.2. The Morgan fingerprint density at radius 3 is 2.12 bits per heavy atom. The fraction of sp³-hybridized carbons (Fsp3) is 0.333. The zero-order chi connectivity index (χ0) is 23.8. The van der Waals surface area contributed by atoms with E-state index < -0.39 is 8.07 Å². The first kappa shape index (κ1) is 24.6. The number of nitrogens with zero attached hydrogens (tertiary/aromatic N) is 1. The van der Waals surface area contributed by atoms with Gasteiger partial charge >= 0.3 is 223 Å². The molecule has 0 spiro atoms. The first-order valence-corrected chi connectivity index (χ1v) is 16.3. The third-order valence-electron chi connectivity index (χ3n) is 6.38. The van der Waals surface area contributed by atoms with Gasteiger partial charge in [-0.15, -0.1) is 0 Å². The minimum absolute atomic E-state index is 0.00659. The van der Waals surface area contributed by atoms with E-state index in [1.807, 2.05) is 18.2 Å². The van der Waals surface area contributed by atoms with E-state index in [1.165, 1.54) is 0 Å². The van der Waals surface area contributed by atoms with E-state index in [-0.39, 0.29) is 36.1 Å². The molecule has 0 saturated heterocycles. The van der Waals surface area contributed by atoms with E-state index in [1.54, 1.807) is 12.1 Å². The van der Waals surface area contributed by atoms with Gasteiger partial charge < -0.3 is 0 Å². The summed E-state index contributed by atoms with van der Waals surface area (Å²) in [5.74, 6) is 0.273. The monoisotopic (exact) mass is 703 g/mol. The van der Waals surface area contributed by atoms with Crippen LogP contribution in [0.4, 0.5) is 5.69 Å². The molecule has 1 aromatic carbocycles. The molecule has 0 atom stereocenters. The van der Waals surface area contributed by atoms with Crippen molar-refractivity contribution in [3.05, 3.63) is 47.8 Å². The number of benzene rings is 1. The number of ketones is 1. The number of halogens is 3. The van der Waals surface area contributed by atoms with Crippen LogP contribution in [0.2, 0.25) is 10.1 Å². The number of rotatable bonds is 1. The summed E-state index contributed by atoms with van der Waals surface area (Å²) in [6, 6.07) is 3.70. The fourth-order valence-corrected chi connectivity index (χ4v) is 18.7. The van der Waals surface area contributed by atoms with Crippen LogP contribution in [0.15, 0.2) is 52.8 Å². The van der Waals surface area contributed by atoms with Crippen molar-refractivity contribution in [3.63, 3.8) is 0 Å². The van der Waals surface area contributed by atoms with Gasteiger partial charge in [0.2, 0.25) is 0 Å². The van der Waals surface area contributed by atoms with E-state index in [9.17, 15) is 9.90 Å². The molecule has 0 fully saturated rings. The molecule has 32 heavy (non-hydrogen) atoms. The molecular weight excluding hydrogens is 681 g/mol. The van der Waals surface area contributed by atoms with Crippen molar-refractivity contribution in [1.29, 1.82) is 0 Å². The maximum absolute atomic E-state index is 12.6. The topological polar surface area (TPSA) is 49.7 Å². The predicted molar refractivity (Wildman–Crippen MR) is 148 cm³/mol. The summed E-state index contributed by atoms with van der Waals surface area (Å²) >= 11 is 11.1. The molecule has 0 saturated carbocycles. The van der Waals surface area contributed by atoms with Crippen LogP contribution in [-0.2, 0) is 4.79 Å². The molecule has 2 aliphatic rings. The Bertz CT molecular complexity index is 1250. The van der Waals surface area contributed by atoms with E-state index in [0.29, 0.717) is 0 Å². The van der Waals surface area contributed by atoms with Crippen LogP contribution >= 0.6 is 47.8 Å². The van der Waals surface area contributed by atoms with Gasteiger partial charge in [0.15, 0.2) is 0 Å². The zero-order valence-corrected chi connectivity index (χ0v) is 26.2. The van der Waals surface area contributed by atoms with Gasteiger partial charge in [-0.25, -0.2) is 0 Å². The van der Waals surface area contributed by atoms with Gasteiger partial charge in [-0.2, -0.15) is 0 Å². The molecule has 8 heteroatoms. The average molecular weight is 705 g/mol. The standard InChI is InChI=1S/C24H24Br3NO2SeSi/c1-23(2,3)32(24(4,5)6)16-11-12(29)7-8-13(16)28-14-9-10-15(30)17(21(14)32)20-18(25)19(26)22(27)31-20/h7-11,30H,1-6H3. The van der Waals surface area contributed by atoms with Gasteiger partial charge in [-0.3, -0.25) is 0 Å². The molecule has 0 bridgehead atoms. The molecule has 4 rings (SSSR count). The number of phenols is 1. The van der Waals surface area contributed by atoms with Gasteiger partial charge in [0.1, 0.15) is 0 Å². The molecule has 0 unspecified atom stereocenters. The Labute approximate surface area is 221 Å². The normalized spacial score (nSPS) is 17.6. The van der Waals surface area contributed by atoms with Gasteiger partial charge in [0.25, 0.3) is 0 Å². The fourth-order valence-electron chi connectivity index (χ4n) is 5.67. The van der Waals surface area contributed by atoms with Gasteiger partial charge in [0, 0.05) is 0 Å². The SMILES string of the molecule is CC(C)(C)[Si]1(C(C)(C)C)C2=CC(=O)C=CC2=Nc2ccc(O)c(-c3[se]c(Br)c(Br)c3Br)c21. The maximum atomic E-state index is 12.6. The Morgan fingerprint density at radius 2 is 1.59 bits per heavy atom. The van der Waals surface area contributed by atoms with Gasteiger partial charge in [-0.05, 0) is 0 Å². The van der Waals surface area contributed by atoms with Crippen LogP contribution in [0.1, 0.15) is 41.5 Å². The van der Waals surface area contributed by atoms with Crippen LogP contribution in [0, 0.1) is 0 Å². The number of carbonyl (C=O) groups is 1. The number of allylic oxidation sites excluding steroid dienone is 4. The Hall–Kier alpha value is -0.504. The zero-order valence-electron chi connectivity index (χ0n) is 18.7. The van der Waals surface area contributed by atoms with Crippen molar-refractivity contribution in [3.8, 4) is 15.8 Å². The van der Waals surface area contributed by atoms with Crippen molar-refractivity contribution >= 4 is 92.7 Å². The summed E-state index contributed by atoms with van der Waals surface area (Å²) in [4.78, 5) is 17.7. The van der Waals surface area contributed by atoms with Gasteiger partial charge in [0.05, 0.1) is 0 Å². The molecule has 2 aromatic rings. The van der Waals surface area contributed by atoms with Crippen molar-refractivity contribution < 1.29 is 9.90 Å². The van der Waals surface area contributed by atoms with E-state index >= 15 is 0 Å². The third kappa shape index (κ3) is 3.44. The number of phenolic OH excluding ortho intramolecular Hbond substituents is 1. The molecule has 1 aromatic heterocycles.